The quantitative estimate of drug-likeness (QED) is 0.228. The molecule has 2 aromatic heterocycles. The van der Waals surface area contributed by atoms with Crippen LogP contribution in [0.3, 0.4) is 0 Å². The molecule has 0 aliphatic carbocycles. The van der Waals surface area contributed by atoms with E-state index in [2.05, 4.69) is 20.5 Å². The topological polar surface area (TPSA) is 178 Å². The number of aryl methyl sites for hydroxylation is 1. The molecular formula is C27H27N7O5S2. The molecule has 5 aromatic rings. The molecule has 0 bridgehead atoms. The molecule has 41 heavy (non-hydrogen) atoms. The van der Waals surface area contributed by atoms with Crippen LogP contribution >= 0.6 is 11.3 Å². The van der Waals surface area contributed by atoms with Gasteiger partial charge >= 0.3 is 5.97 Å². The first-order valence-corrected chi connectivity index (χ1v) is 14.9. The van der Waals surface area contributed by atoms with Crippen LogP contribution in [0.1, 0.15) is 24.5 Å². The Kier molecular flexibility index (Phi) is 7.97. The Labute approximate surface area is 240 Å². The maximum absolute atomic E-state index is 13.3. The molecule has 2 heterocycles. The van der Waals surface area contributed by atoms with Gasteiger partial charge in [-0.1, -0.05) is 47.7 Å². The average Bonchev–Trinajstić information content (AvgIpc) is 3.56. The van der Waals surface area contributed by atoms with Gasteiger partial charge in [0.15, 0.2) is 11.0 Å². The fourth-order valence-corrected chi connectivity index (χ4v) is 6.42. The molecule has 3 aromatic carbocycles. The molecule has 0 aliphatic rings. The van der Waals surface area contributed by atoms with Gasteiger partial charge in [0.05, 0.1) is 35.4 Å². The number of ether oxygens (including phenoxy) is 2. The molecule has 0 saturated heterocycles. The van der Waals surface area contributed by atoms with E-state index in [-0.39, 0.29) is 42.3 Å². The predicted molar refractivity (Wildman–Crippen MR) is 155 cm³/mol. The fraction of sp³-hybridized carbons (Fsp3) is 0.222. The summed E-state index contributed by atoms with van der Waals surface area (Å²) in [6.45, 7) is 2.15. The number of rotatable bonds is 10. The number of anilines is 1. The van der Waals surface area contributed by atoms with Gasteiger partial charge in [0.2, 0.25) is 10.0 Å². The van der Waals surface area contributed by atoms with Crippen LogP contribution in [0.4, 0.5) is 5.13 Å². The van der Waals surface area contributed by atoms with E-state index in [9.17, 15) is 13.2 Å². The summed E-state index contributed by atoms with van der Waals surface area (Å²) in [6.07, 6.45) is 0.0376. The van der Waals surface area contributed by atoms with Crippen LogP contribution < -0.4 is 15.6 Å². The number of carbonyl (C=O) groups is 1. The number of esters is 1. The van der Waals surface area contributed by atoms with Crippen LogP contribution in [-0.4, -0.2) is 53.3 Å². The Balaban J connectivity index is 1.74. The summed E-state index contributed by atoms with van der Waals surface area (Å²) in [6, 6.07) is 16.3. The van der Waals surface area contributed by atoms with Crippen LogP contribution in [-0.2, 0) is 32.5 Å². The highest BCUT2D eigenvalue weighted by atomic mass is 32.2. The maximum Gasteiger partial charge on any atom is 0.306 e. The lowest BCUT2D eigenvalue weighted by atomic mass is 9.94. The third kappa shape index (κ3) is 5.89. The van der Waals surface area contributed by atoms with Crippen molar-refractivity contribution >= 4 is 42.7 Å². The first kappa shape index (κ1) is 28.1. The number of hydrogen-bond acceptors (Lipinski definition) is 11. The van der Waals surface area contributed by atoms with Gasteiger partial charge in [-0.05, 0) is 58.7 Å². The normalized spacial score (nSPS) is 11.6. The number of benzene rings is 3. The van der Waals surface area contributed by atoms with Crippen molar-refractivity contribution in [1.29, 1.82) is 0 Å². The third-order valence-corrected chi connectivity index (χ3v) is 8.29. The number of thiazole rings is 1. The highest BCUT2D eigenvalue weighted by Crippen LogP contribution is 2.41. The maximum atomic E-state index is 13.3. The number of nitrogens with zero attached hydrogens (tertiary/aromatic N) is 5. The van der Waals surface area contributed by atoms with E-state index in [1.807, 2.05) is 42.5 Å². The Morgan fingerprint density at radius 2 is 1.85 bits per heavy atom. The number of methoxy groups -OCH3 is 1. The number of para-hydroxylation sites is 1. The zero-order valence-corrected chi connectivity index (χ0v) is 23.9. The SMILES string of the molecule is CCOC(=O)CCc1ccc(-c2cccc3sc(N)nc23)c(-c2nnnn2Cc2ccc(OC)cc2)c1S(N)(=O)=O. The van der Waals surface area contributed by atoms with Crippen molar-refractivity contribution in [3.05, 3.63) is 65.7 Å². The number of nitrogens with two attached hydrogens (primary N) is 2. The van der Waals surface area contributed by atoms with Crippen molar-refractivity contribution in [1.82, 2.24) is 25.2 Å². The number of aromatic nitrogens is 5. The first-order chi connectivity index (χ1) is 19.7. The molecule has 0 spiro atoms. The van der Waals surface area contributed by atoms with Crippen molar-refractivity contribution in [2.24, 2.45) is 5.14 Å². The van der Waals surface area contributed by atoms with Gasteiger partial charge in [0.25, 0.3) is 0 Å². The molecular weight excluding hydrogens is 566 g/mol. The van der Waals surface area contributed by atoms with Crippen LogP contribution in [0.5, 0.6) is 5.75 Å². The number of carbonyl (C=O) groups excluding carboxylic acids is 1. The third-order valence-electron chi connectivity index (χ3n) is 6.40. The van der Waals surface area contributed by atoms with Crippen molar-refractivity contribution in [3.63, 3.8) is 0 Å². The van der Waals surface area contributed by atoms with Crippen molar-refractivity contribution in [2.45, 2.75) is 31.2 Å². The lowest BCUT2D eigenvalue weighted by molar-refractivity contribution is -0.143. The van der Waals surface area contributed by atoms with Crippen LogP contribution in [0.2, 0.25) is 0 Å². The van der Waals surface area contributed by atoms with E-state index in [0.29, 0.717) is 33.1 Å². The molecule has 0 saturated carbocycles. The Morgan fingerprint density at radius 1 is 1.07 bits per heavy atom. The minimum atomic E-state index is -4.35. The summed E-state index contributed by atoms with van der Waals surface area (Å²) in [4.78, 5) is 16.5. The minimum absolute atomic E-state index is 0.0376. The lowest BCUT2D eigenvalue weighted by Crippen LogP contribution is -2.18. The van der Waals surface area contributed by atoms with Gasteiger partial charge in [-0.2, -0.15) is 0 Å². The number of tetrazole rings is 1. The summed E-state index contributed by atoms with van der Waals surface area (Å²) in [5.41, 5.74) is 9.14. The summed E-state index contributed by atoms with van der Waals surface area (Å²) >= 11 is 1.32. The second-order valence-electron chi connectivity index (χ2n) is 9.04. The van der Waals surface area contributed by atoms with Crippen LogP contribution in [0, 0.1) is 0 Å². The number of primary sulfonamides is 1. The summed E-state index contributed by atoms with van der Waals surface area (Å²) in [7, 11) is -2.77. The lowest BCUT2D eigenvalue weighted by Gasteiger charge is -2.18. The number of hydrogen-bond donors (Lipinski definition) is 2. The van der Waals surface area contributed by atoms with Gasteiger partial charge in [-0.15, -0.1) is 5.10 Å². The molecule has 0 radical (unpaired) electrons. The monoisotopic (exact) mass is 593 g/mol. The molecule has 12 nitrogen and oxygen atoms in total. The van der Waals surface area contributed by atoms with E-state index >= 15 is 0 Å². The highest BCUT2D eigenvalue weighted by Gasteiger charge is 2.29. The molecule has 0 fully saturated rings. The van der Waals surface area contributed by atoms with Crippen LogP contribution in [0.25, 0.3) is 32.7 Å². The van der Waals surface area contributed by atoms with E-state index in [0.717, 1.165) is 10.3 Å². The zero-order valence-electron chi connectivity index (χ0n) is 22.3. The second kappa shape index (κ2) is 11.6. The van der Waals surface area contributed by atoms with Crippen molar-refractivity contribution in [3.8, 4) is 28.3 Å². The van der Waals surface area contributed by atoms with Gasteiger partial charge in [0, 0.05) is 17.5 Å². The van der Waals surface area contributed by atoms with E-state index < -0.39 is 16.0 Å². The first-order valence-electron chi connectivity index (χ1n) is 12.6. The number of fused-ring (bicyclic) bond motifs is 1. The minimum Gasteiger partial charge on any atom is -0.497 e. The Morgan fingerprint density at radius 3 is 2.56 bits per heavy atom. The largest absolute Gasteiger partial charge is 0.497 e. The number of nitrogen functional groups attached to an aromatic ring is 1. The Hall–Kier alpha value is -4.40. The molecule has 212 valence electrons. The van der Waals surface area contributed by atoms with E-state index in [1.165, 1.54) is 16.0 Å². The zero-order chi connectivity index (χ0) is 29.1. The van der Waals surface area contributed by atoms with Crippen molar-refractivity contribution < 1.29 is 22.7 Å². The fourth-order valence-electron chi connectivity index (χ4n) is 4.64. The molecule has 0 aliphatic heterocycles. The van der Waals surface area contributed by atoms with Gasteiger partial charge in [0.1, 0.15) is 5.75 Å². The predicted octanol–water partition coefficient (Wildman–Crippen LogP) is 3.40. The Bertz CT molecular complexity index is 1830. The number of sulfonamides is 1. The molecule has 5 rings (SSSR count). The van der Waals surface area contributed by atoms with Gasteiger partial charge in [-0.25, -0.2) is 23.2 Å². The van der Waals surface area contributed by atoms with Gasteiger partial charge in [-0.3, -0.25) is 4.79 Å². The van der Waals surface area contributed by atoms with Crippen molar-refractivity contribution in [2.75, 3.05) is 19.5 Å². The van der Waals surface area contributed by atoms with Crippen LogP contribution in [0.15, 0.2) is 59.5 Å². The smallest absolute Gasteiger partial charge is 0.306 e. The van der Waals surface area contributed by atoms with E-state index in [4.69, 9.17) is 20.3 Å². The second-order valence-corrected chi connectivity index (χ2v) is 11.6. The summed E-state index contributed by atoms with van der Waals surface area (Å²) in [5, 5.41) is 18.5. The molecule has 0 unspecified atom stereocenters. The highest BCUT2D eigenvalue weighted by molar-refractivity contribution is 7.89. The molecule has 0 atom stereocenters. The van der Waals surface area contributed by atoms with Gasteiger partial charge < -0.3 is 15.2 Å². The average molecular weight is 594 g/mol. The standard InChI is InChI=1S/C27H27N7O5S2/c1-3-39-22(35)14-10-17-9-13-19(20-5-4-6-21-24(20)30-27(28)40-21)23(25(17)41(29,36)37)26-31-32-33-34(26)15-16-7-11-18(38-2)12-8-16/h4-9,11-13H,3,10,14-15H2,1-2H3,(H2,28,30)(H2,29,36,37). The molecule has 14 heteroatoms. The summed E-state index contributed by atoms with van der Waals surface area (Å²) < 4.78 is 39.2. The molecule has 4 N–H and O–H groups in total. The summed E-state index contributed by atoms with van der Waals surface area (Å²) in [5.74, 6) is 0.415. The van der Waals surface area contributed by atoms with E-state index in [1.54, 1.807) is 26.2 Å². The molecule has 0 amide bonds.